The topological polar surface area (TPSA) is 53.4 Å². The van der Waals surface area contributed by atoms with Crippen LogP contribution in [-0.4, -0.2) is 24.0 Å². The number of benzene rings is 2. The number of fused-ring (bicyclic) bond motifs is 1. The molecule has 0 bridgehead atoms. The van der Waals surface area contributed by atoms with Crippen molar-refractivity contribution in [3.8, 4) is 28.4 Å². The van der Waals surface area contributed by atoms with Crippen LogP contribution in [0.2, 0.25) is 0 Å². The molecule has 1 aromatic heterocycles. The summed E-state index contributed by atoms with van der Waals surface area (Å²) in [5, 5.41) is 4.44. The van der Waals surface area contributed by atoms with E-state index in [1.165, 1.54) is 26.4 Å². The van der Waals surface area contributed by atoms with Gasteiger partial charge in [0, 0.05) is 17.2 Å². The molecule has 162 valence electrons. The molecular weight excluding hydrogens is 409 g/mol. The SMILES string of the molecule is COc1cc(OC)cc(-c2nn(-c3cc(C)ccc3C(F)(F)F)c(=O)c3c2CCC3)c1. The van der Waals surface area contributed by atoms with Gasteiger partial charge in [0.1, 0.15) is 11.5 Å². The van der Waals surface area contributed by atoms with Gasteiger partial charge in [-0.3, -0.25) is 4.79 Å². The van der Waals surface area contributed by atoms with E-state index < -0.39 is 17.3 Å². The van der Waals surface area contributed by atoms with Gasteiger partial charge < -0.3 is 9.47 Å². The first kappa shape index (κ1) is 21.0. The van der Waals surface area contributed by atoms with Gasteiger partial charge >= 0.3 is 6.18 Å². The minimum Gasteiger partial charge on any atom is -0.497 e. The average Bonchev–Trinajstić information content (AvgIpc) is 3.23. The first-order valence-corrected chi connectivity index (χ1v) is 9.79. The molecule has 0 atom stereocenters. The normalized spacial score (nSPS) is 13.2. The molecule has 1 heterocycles. The van der Waals surface area contributed by atoms with Crippen LogP contribution in [0, 0.1) is 6.92 Å². The second-order valence-electron chi connectivity index (χ2n) is 7.50. The fourth-order valence-electron chi connectivity index (χ4n) is 3.97. The standard InChI is InChI=1S/C23H21F3N2O3/c1-13-7-8-19(23(24,25)26)20(9-13)28-22(29)18-6-4-5-17(18)21(27-28)14-10-15(30-2)12-16(11-14)31-3/h7-12H,4-6H2,1-3H3. The quantitative estimate of drug-likeness (QED) is 0.601. The van der Waals surface area contributed by atoms with Gasteiger partial charge in [-0.1, -0.05) is 6.07 Å². The zero-order valence-corrected chi connectivity index (χ0v) is 17.3. The summed E-state index contributed by atoms with van der Waals surface area (Å²) in [6.45, 7) is 1.68. The lowest BCUT2D eigenvalue weighted by Crippen LogP contribution is -2.28. The van der Waals surface area contributed by atoms with E-state index in [9.17, 15) is 18.0 Å². The molecule has 1 aliphatic rings. The number of nitrogens with zero attached hydrogens (tertiary/aromatic N) is 2. The lowest BCUT2D eigenvalue weighted by molar-refractivity contribution is -0.137. The van der Waals surface area contributed by atoms with Crippen molar-refractivity contribution in [2.75, 3.05) is 14.2 Å². The maximum absolute atomic E-state index is 13.7. The van der Waals surface area contributed by atoms with Crippen LogP contribution < -0.4 is 15.0 Å². The zero-order valence-electron chi connectivity index (χ0n) is 17.3. The maximum Gasteiger partial charge on any atom is 0.418 e. The summed E-state index contributed by atoms with van der Waals surface area (Å²) >= 11 is 0. The van der Waals surface area contributed by atoms with Gasteiger partial charge in [-0.2, -0.15) is 23.0 Å². The summed E-state index contributed by atoms with van der Waals surface area (Å²) in [6.07, 6.45) is -2.75. The summed E-state index contributed by atoms with van der Waals surface area (Å²) in [6, 6.07) is 8.87. The minimum atomic E-state index is -4.62. The second kappa shape index (κ2) is 7.76. The van der Waals surface area contributed by atoms with Gasteiger partial charge in [-0.15, -0.1) is 0 Å². The third-order valence-corrected chi connectivity index (χ3v) is 5.47. The Labute approximate surface area is 177 Å². The summed E-state index contributed by atoms with van der Waals surface area (Å²) in [5.74, 6) is 1.04. The van der Waals surface area contributed by atoms with Crippen LogP contribution >= 0.6 is 0 Å². The molecule has 1 aliphatic carbocycles. The molecule has 0 amide bonds. The van der Waals surface area contributed by atoms with Crippen LogP contribution in [0.25, 0.3) is 16.9 Å². The molecule has 31 heavy (non-hydrogen) atoms. The van der Waals surface area contributed by atoms with Crippen molar-refractivity contribution in [2.24, 2.45) is 0 Å². The molecule has 0 radical (unpaired) electrons. The molecule has 0 fully saturated rings. The molecule has 0 spiro atoms. The van der Waals surface area contributed by atoms with Crippen molar-refractivity contribution >= 4 is 0 Å². The Morgan fingerprint density at radius 1 is 0.968 bits per heavy atom. The third kappa shape index (κ3) is 3.78. The van der Waals surface area contributed by atoms with Gasteiger partial charge in [-0.25, -0.2) is 0 Å². The smallest absolute Gasteiger partial charge is 0.418 e. The minimum absolute atomic E-state index is 0.275. The van der Waals surface area contributed by atoms with Crippen LogP contribution in [0.4, 0.5) is 13.2 Å². The van der Waals surface area contributed by atoms with E-state index in [1.54, 1.807) is 25.1 Å². The Hall–Kier alpha value is -3.29. The Kier molecular flexibility index (Phi) is 5.24. The van der Waals surface area contributed by atoms with Gasteiger partial charge in [0.15, 0.2) is 0 Å². The monoisotopic (exact) mass is 430 g/mol. The lowest BCUT2D eigenvalue weighted by atomic mass is 10.0. The van der Waals surface area contributed by atoms with Crippen LogP contribution in [0.1, 0.15) is 28.7 Å². The molecule has 0 saturated heterocycles. The number of aryl methyl sites for hydroxylation is 1. The number of alkyl halides is 3. The molecule has 8 heteroatoms. The highest BCUT2D eigenvalue weighted by Crippen LogP contribution is 2.36. The summed E-state index contributed by atoms with van der Waals surface area (Å²) in [5.41, 5.74) is 1.24. The first-order valence-electron chi connectivity index (χ1n) is 9.79. The predicted molar refractivity (Wildman–Crippen MR) is 110 cm³/mol. The van der Waals surface area contributed by atoms with Gasteiger partial charge in [0.2, 0.25) is 0 Å². The van der Waals surface area contributed by atoms with E-state index in [1.807, 2.05) is 0 Å². The molecule has 5 nitrogen and oxygen atoms in total. The van der Waals surface area contributed by atoms with Crippen molar-refractivity contribution in [3.63, 3.8) is 0 Å². The molecule has 4 rings (SSSR count). The van der Waals surface area contributed by atoms with Crippen molar-refractivity contribution in [1.29, 1.82) is 0 Å². The summed E-state index contributed by atoms with van der Waals surface area (Å²) in [4.78, 5) is 13.2. The molecule has 0 unspecified atom stereocenters. The Bertz CT molecular complexity index is 1190. The Balaban J connectivity index is 2.03. The van der Waals surface area contributed by atoms with E-state index in [0.29, 0.717) is 46.7 Å². The van der Waals surface area contributed by atoms with E-state index in [0.717, 1.165) is 22.7 Å². The fourth-order valence-corrected chi connectivity index (χ4v) is 3.97. The van der Waals surface area contributed by atoms with E-state index in [4.69, 9.17) is 9.47 Å². The van der Waals surface area contributed by atoms with Crippen LogP contribution in [0.3, 0.4) is 0 Å². The lowest BCUT2D eigenvalue weighted by Gasteiger charge is -2.18. The predicted octanol–water partition coefficient (Wildman–Crippen LogP) is 4.73. The average molecular weight is 430 g/mol. The molecule has 0 saturated carbocycles. The molecule has 3 aromatic rings. The van der Waals surface area contributed by atoms with Gasteiger partial charge in [0.05, 0.1) is 31.2 Å². The van der Waals surface area contributed by atoms with Crippen molar-refractivity contribution < 1.29 is 22.6 Å². The van der Waals surface area contributed by atoms with Gasteiger partial charge in [-0.05, 0) is 61.6 Å². The number of aromatic nitrogens is 2. The number of hydrogen-bond acceptors (Lipinski definition) is 4. The van der Waals surface area contributed by atoms with Crippen molar-refractivity contribution in [3.05, 3.63) is 69.0 Å². The van der Waals surface area contributed by atoms with E-state index in [2.05, 4.69) is 5.10 Å². The first-order chi connectivity index (χ1) is 14.7. The molecule has 0 N–H and O–H groups in total. The highest BCUT2D eigenvalue weighted by Gasteiger charge is 2.35. The zero-order chi connectivity index (χ0) is 22.3. The highest BCUT2D eigenvalue weighted by atomic mass is 19.4. The molecule has 0 aliphatic heterocycles. The Morgan fingerprint density at radius 3 is 2.23 bits per heavy atom. The Morgan fingerprint density at radius 2 is 1.61 bits per heavy atom. The molecular formula is C23H21F3N2O3. The van der Waals surface area contributed by atoms with Crippen LogP contribution in [0.5, 0.6) is 11.5 Å². The number of ether oxygens (including phenoxy) is 2. The van der Waals surface area contributed by atoms with E-state index in [-0.39, 0.29) is 5.69 Å². The fraction of sp³-hybridized carbons (Fsp3) is 0.304. The van der Waals surface area contributed by atoms with Crippen molar-refractivity contribution in [2.45, 2.75) is 32.4 Å². The van der Waals surface area contributed by atoms with E-state index >= 15 is 0 Å². The van der Waals surface area contributed by atoms with Crippen LogP contribution in [-0.2, 0) is 19.0 Å². The third-order valence-electron chi connectivity index (χ3n) is 5.47. The highest BCUT2D eigenvalue weighted by molar-refractivity contribution is 5.68. The number of halogens is 3. The van der Waals surface area contributed by atoms with Crippen LogP contribution in [0.15, 0.2) is 41.2 Å². The van der Waals surface area contributed by atoms with Gasteiger partial charge in [0.25, 0.3) is 5.56 Å². The largest absolute Gasteiger partial charge is 0.497 e. The number of hydrogen-bond donors (Lipinski definition) is 0. The maximum atomic E-state index is 13.7. The summed E-state index contributed by atoms with van der Waals surface area (Å²) in [7, 11) is 3.03. The molecule has 2 aromatic carbocycles. The number of methoxy groups -OCH3 is 2. The number of rotatable bonds is 4. The summed E-state index contributed by atoms with van der Waals surface area (Å²) < 4.78 is 52.7. The second-order valence-corrected chi connectivity index (χ2v) is 7.50. The van der Waals surface area contributed by atoms with Crippen molar-refractivity contribution in [1.82, 2.24) is 9.78 Å².